The number of aromatic nitrogens is 2. The number of unbranched alkanes of at least 4 members (excludes halogenated alkanes) is 4. The zero-order valence-electron chi connectivity index (χ0n) is 16.6. The van der Waals surface area contributed by atoms with Crippen LogP contribution in [0.15, 0.2) is 35.1 Å². The molecule has 0 saturated heterocycles. The van der Waals surface area contributed by atoms with Crippen LogP contribution in [0.4, 0.5) is 10.3 Å². The van der Waals surface area contributed by atoms with Gasteiger partial charge in [0.05, 0.1) is 5.52 Å². The van der Waals surface area contributed by atoms with Gasteiger partial charge in [-0.1, -0.05) is 51.7 Å². The lowest BCUT2D eigenvalue weighted by atomic mass is 10.2. The molecule has 0 amide bonds. The van der Waals surface area contributed by atoms with Gasteiger partial charge in [0.25, 0.3) is 5.56 Å². The maximum atomic E-state index is 13.2. The summed E-state index contributed by atoms with van der Waals surface area (Å²) in [5.41, 5.74) is 1.50. The summed E-state index contributed by atoms with van der Waals surface area (Å²) in [5.74, 6) is 0.395. The summed E-state index contributed by atoms with van der Waals surface area (Å²) in [7, 11) is 0. The van der Waals surface area contributed by atoms with Crippen LogP contribution in [-0.4, -0.2) is 23.1 Å². The Morgan fingerprint density at radius 3 is 2.29 bits per heavy atom. The van der Waals surface area contributed by atoms with E-state index in [9.17, 15) is 9.18 Å². The van der Waals surface area contributed by atoms with Crippen LogP contribution in [0.2, 0.25) is 0 Å². The molecule has 28 heavy (non-hydrogen) atoms. The van der Waals surface area contributed by atoms with Crippen molar-refractivity contribution in [2.45, 2.75) is 52.4 Å². The SMILES string of the molecule is CCCCCN(CCCCC)c1nc2cc(-c3ccc(F)cc3)sc2c(=O)[nH]1. The first-order chi connectivity index (χ1) is 13.6. The van der Waals surface area contributed by atoms with Gasteiger partial charge in [-0.15, -0.1) is 11.3 Å². The van der Waals surface area contributed by atoms with Crippen molar-refractivity contribution >= 4 is 27.5 Å². The zero-order valence-corrected chi connectivity index (χ0v) is 17.4. The third-order valence-corrected chi connectivity index (χ3v) is 6.03. The van der Waals surface area contributed by atoms with Gasteiger partial charge in [-0.3, -0.25) is 9.78 Å². The highest BCUT2D eigenvalue weighted by atomic mass is 32.1. The first kappa shape index (κ1) is 20.5. The van der Waals surface area contributed by atoms with Crippen molar-refractivity contribution in [3.05, 3.63) is 46.5 Å². The van der Waals surface area contributed by atoms with Gasteiger partial charge in [-0.05, 0) is 36.6 Å². The van der Waals surface area contributed by atoms with E-state index >= 15 is 0 Å². The van der Waals surface area contributed by atoms with Crippen LogP contribution < -0.4 is 10.5 Å². The van der Waals surface area contributed by atoms with E-state index < -0.39 is 0 Å². The van der Waals surface area contributed by atoms with Crippen LogP contribution in [0.25, 0.3) is 20.7 Å². The zero-order chi connectivity index (χ0) is 19.9. The monoisotopic (exact) mass is 401 g/mol. The standard InChI is InChI=1S/C22H28FN3OS/c1-3-5-7-13-26(14-8-6-4-2)22-24-18-15-19(28-20(18)21(27)25-22)16-9-11-17(23)12-10-16/h9-12,15H,3-8,13-14H2,1-2H3,(H,24,25,27). The number of benzene rings is 1. The number of anilines is 1. The van der Waals surface area contributed by atoms with E-state index in [-0.39, 0.29) is 11.4 Å². The van der Waals surface area contributed by atoms with Crippen molar-refractivity contribution in [3.8, 4) is 10.4 Å². The molecule has 2 heterocycles. The number of H-pyrrole nitrogens is 1. The number of hydrogen-bond acceptors (Lipinski definition) is 4. The Morgan fingerprint density at radius 2 is 1.68 bits per heavy atom. The van der Waals surface area contributed by atoms with E-state index in [0.717, 1.165) is 49.2 Å². The molecule has 150 valence electrons. The molecule has 0 fully saturated rings. The Kier molecular flexibility index (Phi) is 7.20. The lowest BCUT2D eigenvalue weighted by molar-refractivity contribution is 0.626. The molecular weight excluding hydrogens is 373 g/mol. The number of halogens is 1. The van der Waals surface area contributed by atoms with Gasteiger partial charge < -0.3 is 4.90 Å². The minimum absolute atomic E-state index is 0.102. The van der Waals surface area contributed by atoms with Crippen LogP contribution in [0.3, 0.4) is 0 Å². The molecule has 3 aromatic rings. The van der Waals surface area contributed by atoms with E-state index in [1.165, 1.54) is 36.3 Å². The number of nitrogens with zero attached hydrogens (tertiary/aromatic N) is 2. The van der Waals surface area contributed by atoms with Gasteiger partial charge in [0, 0.05) is 18.0 Å². The Hall–Kier alpha value is -2.21. The van der Waals surface area contributed by atoms with E-state index in [2.05, 4.69) is 23.7 Å². The molecule has 2 aromatic heterocycles. The van der Waals surface area contributed by atoms with Gasteiger partial charge in [0.15, 0.2) is 0 Å². The Balaban J connectivity index is 1.91. The molecule has 0 saturated carbocycles. The van der Waals surface area contributed by atoms with Crippen molar-refractivity contribution in [1.29, 1.82) is 0 Å². The first-order valence-electron chi connectivity index (χ1n) is 10.2. The molecule has 0 bridgehead atoms. The van der Waals surface area contributed by atoms with Crippen LogP contribution in [0.1, 0.15) is 52.4 Å². The molecule has 0 aliphatic carbocycles. The molecule has 0 atom stereocenters. The van der Waals surface area contributed by atoms with Crippen LogP contribution in [0, 0.1) is 5.82 Å². The van der Waals surface area contributed by atoms with Crippen molar-refractivity contribution in [1.82, 2.24) is 9.97 Å². The molecule has 0 radical (unpaired) electrons. The first-order valence-corrected chi connectivity index (χ1v) is 11.0. The maximum absolute atomic E-state index is 13.2. The predicted octanol–water partition coefficient (Wildman–Crippen LogP) is 5.98. The second kappa shape index (κ2) is 9.82. The average Bonchev–Trinajstić information content (AvgIpc) is 3.12. The molecule has 0 aliphatic heterocycles. The third kappa shape index (κ3) is 4.98. The van der Waals surface area contributed by atoms with Crippen LogP contribution in [0.5, 0.6) is 0 Å². The molecule has 0 aliphatic rings. The van der Waals surface area contributed by atoms with E-state index in [1.54, 1.807) is 12.1 Å². The summed E-state index contributed by atoms with van der Waals surface area (Å²) < 4.78 is 13.8. The molecule has 6 heteroatoms. The predicted molar refractivity (Wildman–Crippen MR) is 117 cm³/mol. The number of hydrogen-bond donors (Lipinski definition) is 1. The topological polar surface area (TPSA) is 49.0 Å². The number of rotatable bonds is 10. The molecule has 0 spiro atoms. The second-order valence-electron chi connectivity index (χ2n) is 7.12. The summed E-state index contributed by atoms with van der Waals surface area (Å²) in [4.78, 5) is 23.6. The Labute approximate surface area is 169 Å². The molecule has 3 rings (SSSR count). The molecule has 1 N–H and O–H groups in total. The van der Waals surface area contributed by atoms with Gasteiger partial charge in [-0.25, -0.2) is 9.37 Å². The van der Waals surface area contributed by atoms with Crippen LogP contribution >= 0.6 is 11.3 Å². The van der Waals surface area contributed by atoms with Crippen molar-refractivity contribution in [2.75, 3.05) is 18.0 Å². The van der Waals surface area contributed by atoms with Gasteiger partial charge >= 0.3 is 0 Å². The fraction of sp³-hybridized carbons (Fsp3) is 0.455. The molecular formula is C22H28FN3OS. The normalized spacial score (nSPS) is 11.2. The van der Waals surface area contributed by atoms with Crippen molar-refractivity contribution in [3.63, 3.8) is 0 Å². The third-order valence-electron chi connectivity index (χ3n) is 4.86. The largest absolute Gasteiger partial charge is 0.342 e. The van der Waals surface area contributed by atoms with E-state index in [0.29, 0.717) is 16.2 Å². The molecule has 4 nitrogen and oxygen atoms in total. The average molecular weight is 402 g/mol. The lowest BCUT2D eigenvalue weighted by Gasteiger charge is -2.23. The van der Waals surface area contributed by atoms with Crippen LogP contribution in [-0.2, 0) is 0 Å². The van der Waals surface area contributed by atoms with Crippen molar-refractivity contribution in [2.24, 2.45) is 0 Å². The lowest BCUT2D eigenvalue weighted by Crippen LogP contribution is -2.29. The minimum atomic E-state index is -0.266. The van der Waals surface area contributed by atoms with E-state index in [1.807, 2.05) is 6.07 Å². The highest BCUT2D eigenvalue weighted by Gasteiger charge is 2.14. The fourth-order valence-electron chi connectivity index (χ4n) is 3.26. The number of thiophene rings is 1. The molecule has 0 unspecified atom stereocenters. The highest BCUT2D eigenvalue weighted by molar-refractivity contribution is 7.22. The summed E-state index contributed by atoms with van der Waals surface area (Å²) in [6, 6.07) is 8.27. The summed E-state index contributed by atoms with van der Waals surface area (Å²) in [5, 5.41) is 0. The maximum Gasteiger partial charge on any atom is 0.270 e. The summed E-state index contributed by atoms with van der Waals surface area (Å²) in [6.45, 7) is 6.19. The second-order valence-corrected chi connectivity index (χ2v) is 8.17. The summed E-state index contributed by atoms with van der Waals surface area (Å²) >= 11 is 1.40. The minimum Gasteiger partial charge on any atom is -0.342 e. The number of nitrogens with one attached hydrogen (secondary N) is 1. The Morgan fingerprint density at radius 1 is 1.04 bits per heavy atom. The highest BCUT2D eigenvalue weighted by Crippen LogP contribution is 2.31. The Bertz CT molecular complexity index is 939. The van der Waals surface area contributed by atoms with E-state index in [4.69, 9.17) is 4.98 Å². The smallest absolute Gasteiger partial charge is 0.270 e. The number of aromatic amines is 1. The molecule has 1 aromatic carbocycles. The quantitative estimate of drug-likeness (QED) is 0.425. The summed E-state index contributed by atoms with van der Waals surface area (Å²) in [6.07, 6.45) is 6.85. The number of fused-ring (bicyclic) bond motifs is 1. The van der Waals surface area contributed by atoms with Gasteiger partial charge in [0.2, 0.25) is 5.95 Å². The fourth-order valence-corrected chi connectivity index (χ4v) is 4.26. The van der Waals surface area contributed by atoms with Crippen molar-refractivity contribution < 1.29 is 4.39 Å². The van der Waals surface area contributed by atoms with Gasteiger partial charge in [-0.2, -0.15) is 0 Å². The van der Waals surface area contributed by atoms with Gasteiger partial charge in [0.1, 0.15) is 10.5 Å².